The number of rotatable bonds is 2. The lowest BCUT2D eigenvalue weighted by Gasteiger charge is -2.37. The Kier molecular flexibility index (Phi) is 4.07. The van der Waals surface area contributed by atoms with E-state index < -0.39 is 0 Å². The minimum atomic E-state index is 0.127. The molecule has 3 aromatic heterocycles. The van der Waals surface area contributed by atoms with Gasteiger partial charge in [0, 0.05) is 12.4 Å². The van der Waals surface area contributed by atoms with Crippen LogP contribution in [0, 0.1) is 0 Å². The average Bonchev–Trinajstić information content (AvgIpc) is 2.74. The molecule has 1 aliphatic heterocycles. The summed E-state index contributed by atoms with van der Waals surface area (Å²) in [6, 6.07) is 19.3. The zero-order chi connectivity index (χ0) is 19.1. The molecule has 4 aromatic rings. The van der Waals surface area contributed by atoms with Crippen molar-refractivity contribution >= 4 is 57.8 Å². The van der Waals surface area contributed by atoms with Crippen LogP contribution in [0.4, 0.5) is 34.6 Å². The summed E-state index contributed by atoms with van der Waals surface area (Å²) >= 11 is 12.5. The predicted molar refractivity (Wildman–Crippen MR) is 111 cm³/mol. The molecule has 0 N–H and O–H groups in total. The Balaban J connectivity index is 1.84. The Morgan fingerprint density at radius 1 is 0.571 bits per heavy atom. The summed E-state index contributed by atoms with van der Waals surface area (Å²) in [4.78, 5) is 21.9. The molecular formula is C20H12Cl2N6. The van der Waals surface area contributed by atoms with Crippen molar-refractivity contribution in [3.8, 4) is 0 Å². The standard InChI is InChI=1S/C20H12Cl2N6/c21-17-18(22)26-20-19(25-17)27(15-9-3-5-11-23-15)13-7-1-2-8-14(13)28(20)16-10-4-6-12-24-16/h1-12H. The van der Waals surface area contributed by atoms with Crippen LogP contribution in [0.1, 0.15) is 0 Å². The second-order valence-electron chi connectivity index (χ2n) is 5.99. The first-order valence-electron chi connectivity index (χ1n) is 8.48. The van der Waals surface area contributed by atoms with Crippen molar-refractivity contribution in [1.29, 1.82) is 0 Å². The molecule has 0 spiro atoms. The van der Waals surface area contributed by atoms with E-state index in [1.165, 1.54) is 0 Å². The van der Waals surface area contributed by atoms with Gasteiger partial charge >= 0.3 is 0 Å². The maximum atomic E-state index is 6.23. The fourth-order valence-corrected chi connectivity index (χ4v) is 3.43. The molecule has 5 rings (SSSR count). The van der Waals surface area contributed by atoms with E-state index in [9.17, 15) is 0 Å². The third-order valence-electron chi connectivity index (χ3n) is 4.32. The van der Waals surface area contributed by atoms with E-state index in [1.54, 1.807) is 12.4 Å². The van der Waals surface area contributed by atoms with Gasteiger partial charge in [0.1, 0.15) is 11.6 Å². The summed E-state index contributed by atoms with van der Waals surface area (Å²) in [6.45, 7) is 0. The number of hydrogen-bond acceptors (Lipinski definition) is 6. The monoisotopic (exact) mass is 406 g/mol. The van der Waals surface area contributed by atoms with Gasteiger partial charge < -0.3 is 0 Å². The first-order valence-corrected chi connectivity index (χ1v) is 9.24. The van der Waals surface area contributed by atoms with Crippen LogP contribution in [0.25, 0.3) is 0 Å². The zero-order valence-electron chi connectivity index (χ0n) is 14.4. The topological polar surface area (TPSA) is 58.0 Å². The molecule has 0 saturated heterocycles. The molecule has 136 valence electrons. The van der Waals surface area contributed by atoms with Crippen LogP contribution in [0.3, 0.4) is 0 Å². The Bertz CT molecular complexity index is 1060. The summed E-state index contributed by atoms with van der Waals surface area (Å²) < 4.78 is 0. The van der Waals surface area contributed by atoms with Gasteiger partial charge in [-0.25, -0.2) is 19.9 Å². The van der Waals surface area contributed by atoms with Gasteiger partial charge in [0.25, 0.3) is 0 Å². The van der Waals surface area contributed by atoms with E-state index in [4.69, 9.17) is 23.2 Å². The normalized spacial score (nSPS) is 12.5. The van der Waals surface area contributed by atoms with Crippen LogP contribution in [-0.4, -0.2) is 19.9 Å². The van der Waals surface area contributed by atoms with Gasteiger partial charge in [-0.2, -0.15) is 0 Å². The molecule has 0 bridgehead atoms. The number of benzene rings is 1. The minimum Gasteiger partial charge on any atom is -0.274 e. The largest absolute Gasteiger partial charge is 0.274 e. The molecule has 6 nitrogen and oxygen atoms in total. The van der Waals surface area contributed by atoms with Gasteiger partial charge in [0.15, 0.2) is 21.9 Å². The second-order valence-corrected chi connectivity index (χ2v) is 6.70. The van der Waals surface area contributed by atoms with Crippen LogP contribution >= 0.6 is 23.2 Å². The maximum Gasteiger partial charge on any atom is 0.184 e. The van der Waals surface area contributed by atoms with Gasteiger partial charge in [0.2, 0.25) is 0 Å². The molecule has 0 unspecified atom stereocenters. The number of fused-ring (bicyclic) bond motifs is 2. The molecule has 4 heterocycles. The molecule has 0 atom stereocenters. The van der Waals surface area contributed by atoms with Crippen LogP contribution < -0.4 is 9.80 Å². The summed E-state index contributed by atoms with van der Waals surface area (Å²) in [6.07, 6.45) is 3.46. The van der Waals surface area contributed by atoms with Crippen molar-refractivity contribution < 1.29 is 0 Å². The van der Waals surface area contributed by atoms with Crippen molar-refractivity contribution in [3.05, 3.63) is 83.4 Å². The number of aromatic nitrogens is 4. The molecule has 1 aromatic carbocycles. The van der Waals surface area contributed by atoms with E-state index in [2.05, 4.69) is 19.9 Å². The van der Waals surface area contributed by atoms with Crippen molar-refractivity contribution in [2.75, 3.05) is 9.80 Å². The van der Waals surface area contributed by atoms with E-state index in [0.29, 0.717) is 23.3 Å². The van der Waals surface area contributed by atoms with Gasteiger partial charge in [0.05, 0.1) is 11.4 Å². The highest BCUT2D eigenvalue weighted by molar-refractivity contribution is 6.40. The maximum absolute atomic E-state index is 6.23. The first-order chi connectivity index (χ1) is 13.7. The second kappa shape index (κ2) is 6.74. The molecule has 0 saturated carbocycles. The molecule has 28 heavy (non-hydrogen) atoms. The number of para-hydroxylation sites is 2. The van der Waals surface area contributed by atoms with Gasteiger partial charge in [-0.15, -0.1) is 0 Å². The van der Waals surface area contributed by atoms with Crippen molar-refractivity contribution in [3.63, 3.8) is 0 Å². The van der Waals surface area contributed by atoms with Crippen LogP contribution in [0.15, 0.2) is 73.1 Å². The molecule has 0 amide bonds. The number of pyridine rings is 2. The third-order valence-corrected chi connectivity index (χ3v) is 4.95. The van der Waals surface area contributed by atoms with Crippen molar-refractivity contribution in [2.45, 2.75) is 0 Å². The predicted octanol–water partition coefficient (Wildman–Crippen LogP) is 5.83. The molecule has 0 radical (unpaired) electrons. The van der Waals surface area contributed by atoms with Crippen LogP contribution in [-0.2, 0) is 0 Å². The Morgan fingerprint density at radius 3 is 1.39 bits per heavy atom. The van der Waals surface area contributed by atoms with Crippen LogP contribution in [0.5, 0.6) is 0 Å². The fourth-order valence-electron chi connectivity index (χ4n) is 3.18. The van der Waals surface area contributed by atoms with Gasteiger partial charge in [-0.1, -0.05) is 47.5 Å². The van der Waals surface area contributed by atoms with E-state index in [0.717, 1.165) is 11.4 Å². The SMILES string of the molecule is Clc1nc2c(nc1Cl)N(c1ccccn1)c1ccccc1N2c1ccccn1. The van der Waals surface area contributed by atoms with E-state index in [1.807, 2.05) is 70.5 Å². The lowest BCUT2D eigenvalue weighted by molar-refractivity contribution is 1.02. The highest BCUT2D eigenvalue weighted by Crippen LogP contribution is 2.52. The van der Waals surface area contributed by atoms with Crippen molar-refractivity contribution in [2.24, 2.45) is 0 Å². The van der Waals surface area contributed by atoms with E-state index in [-0.39, 0.29) is 10.3 Å². The first kappa shape index (κ1) is 16.9. The van der Waals surface area contributed by atoms with Crippen LogP contribution in [0.2, 0.25) is 10.3 Å². The average molecular weight is 407 g/mol. The molecular weight excluding hydrogens is 395 g/mol. The van der Waals surface area contributed by atoms with Gasteiger partial charge in [-0.3, -0.25) is 9.80 Å². The molecule has 0 fully saturated rings. The Morgan fingerprint density at radius 2 is 1.00 bits per heavy atom. The molecule has 0 aliphatic carbocycles. The lowest BCUT2D eigenvalue weighted by Crippen LogP contribution is -2.27. The quantitative estimate of drug-likeness (QED) is 0.367. The summed E-state index contributed by atoms with van der Waals surface area (Å²) in [7, 11) is 0. The Hall–Kier alpha value is -3.22. The third kappa shape index (κ3) is 2.66. The number of anilines is 6. The molecule has 8 heteroatoms. The number of hydrogen-bond donors (Lipinski definition) is 0. The smallest absolute Gasteiger partial charge is 0.184 e. The fraction of sp³-hybridized carbons (Fsp3) is 0. The summed E-state index contributed by atoms with van der Waals surface area (Å²) in [5.74, 6) is 2.45. The van der Waals surface area contributed by atoms with Gasteiger partial charge in [-0.05, 0) is 36.4 Å². The summed E-state index contributed by atoms with van der Waals surface area (Å²) in [5.41, 5.74) is 1.76. The molecule has 1 aliphatic rings. The highest BCUT2D eigenvalue weighted by atomic mass is 35.5. The zero-order valence-corrected chi connectivity index (χ0v) is 15.9. The van der Waals surface area contributed by atoms with Crippen molar-refractivity contribution in [1.82, 2.24) is 19.9 Å². The van der Waals surface area contributed by atoms with E-state index >= 15 is 0 Å². The summed E-state index contributed by atoms with van der Waals surface area (Å²) in [5, 5.41) is 0.253. The highest BCUT2D eigenvalue weighted by Gasteiger charge is 2.34. The number of halogens is 2. The Labute approximate surface area is 171 Å². The number of nitrogens with zero attached hydrogens (tertiary/aromatic N) is 6. The lowest BCUT2D eigenvalue weighted by atomic mass is 10.1. The minimum absolute atomic E-state index is 0.127.